The number of aromatic nitrogens is 2. The number of aryl methyl sites for hydroxylation is 1. The first-order valence-electron chi connectivity index (χ1n) is 7.26. The predicted octanol–water partition coefficient (Wildman–Crippen LogP) is 1.27. The second-order valence-corrected chi connectivity index (χ2v) is 6.45. The van der Waals surface area contributed by atoms with E-state index in [2.05, 4.69) is 25.1 Å². The molecule has 2 aromatic rings. The Bertz CT molecular complexity index is 663. The molecule has 0 atom stereocenters. The fourth-order valence-electron chi connectivity index (χ4n) is 2.62. The summed E-state index contributed by atoms with van der Waals surface area (Å²) < 4.78 is 0. The number of rotatable bonds is 4. The second-order valence-electron chi connectivity index (χ2n) is 5.38. The van der Waals surface area contributed by atoms with Crippen molar-refractivity contribution in [3.8, 4) is 0 Å². The molecule has 0 unspecified atom stereocenters. The lowest BCUT2D eigenvalue weighted by Gasteiger charge is -2.35. The number of anilines is 1. The number of nitrogens with zero attached hydrogens (tertiary/aromatic N) is 4. The molecule has 6 nitrogen and oxygen atoms in total. The van der Waals surface area contributed by atoms with Crippen LogP contribution in [0.2, 0.25) is 0 Å². The first-order valence-corrected chi connectivity index (χ1v) is 8.14. The summed E-state index contributed by atoms with van der Waals surface area (Å²) in [6, 6.07) is 3.69. The number of nitrogens with two attached hydrogens (primary N) is 1. The molecule has 0 aliphatic carbocycles. The third-order valence-electron chi connectivity index (χ3n) is 3.79. The fraction of sp³-hybridized carbons (Fsp3) is 0.400. The van der Waals surface area contributed by atoms with E-state index in [0.29, 0.717) is 5.69 Å². The fourth-order valence-corrected chi connectivity index (χ4v) is 3.23. The zero-order valence-electron chi connectivity index (χ0n) is 12.5. The Kier molecular flexibility index (Phi) is 4.35. The first-order chi connectivity index (χ1) is 10.6. The summed E-state index contributed by atoms with van der Waals surface area (Å²) >= 11 is 1.70. The molecule has 22 heavy (non-hydrogen) atoms. The number of carbonyl (C=O) groups is 1. The van der Waals surface area contributed by atoms with Crippen LogP contribution in [0.1, 0.15) is 21.2 Å². The highest BCUT2D eigenvalue weighted by molar-refractivity contribution is 7.09. The quantitative estimate of drug-likeness (QED) is 0.919. The van der Waals surface area contributed by atoms with Crippen molar-refractivity contribution in [2.24, 2.45) is 5.73 Å². The molecule has 3 rings (SSSR count). The number of hydrogen-bond donors (Lipinski definition) is 1. The number of pyridine rings is 1. The monoisotopic (exact) mass is 317 g/mol. The number of carbonyl (C=O) groups excluding carboxylic acids is 1. The minimum absolute atomic E-state index is 0.317. The predicted molar refractivity (Wildman–Crippen MR) is 87.1 cm³/mol. The normalized spacial score (nSPS) is 16.0. The number of amides is 1. The van der Waals surface area contributed by atoms with E-state index in [1.165, 1.54) is 0 Å². The van der Waals surface area contributed by atoms with Crippen molar-refractivity contribution in [1.29, 1.82) is 0 Å². The lowest BCUT2D eigenvalue weighted by Crippen LogP contribution is -2.46. The van der Waals surface area contributed by atoms with Crippen LogP contribution in [0.25, 0.3) is 0 Å². The molecule has 1 aliphatic rings. The molecular formula is C15H19N5OS. The van der Waals surface area contributed by atoms with Gasteiger partial charge in [-0.25, -0.2) is 4.98 Å². The summed E-state index contributed by atoms with van der Waals surface area (Å²) in [7, 11) is 0. The van der Waals surface area contributed by atoms with E-state index in [-0.39, 0.29) is 0 Å². The maximum Gasteiger partial charge on any atom is 0.267 e. The van der Waals surface area contributed by atoms with Gasteiger partial charge in [-0.15, -0.1) is 11.3 Å². The zero-order chi connectivity index (χ0) is 15.5. The average Bonchev–Trinajstić information content (AvgIpc) is 2.93. The molecule has 0 spiro atoms. The van der Waals surface area contributed by atoms with E-state index in [0.717, 1.165) is 49.1 Å². The topological polar surface area (TPSA) is 75.3 Å². The van der Waals surface area contributed by atoms with Crippen LogP contribution >= 0.6 is 11.3 Å². The molecule has 1 aliphatic heterocycles. The Hall–Kier alpha value is -1.99. The van der Waals surface area contributed by atoms with Crippen LogP contribution in [0.15, 0.2) is 23.7 Å². The Labute approximate surface area is 133 Å². The molecule has 1 amide bonds. The van der Waals surface area contributed by atoms with Crippen LogP contribution < -0.4 is 10.6 Å². The molecule has 3 heterocycles. The number of thiazole rings is 1. The Morgan fingerprint density at radius 1 is 1.36 bits per heavy atom. The van der Waals surface area contributed by atoms with E-state index in [1.54, 1.807) is 23.6 Å². The van der Waals surface area contributed by atoms with Gasteiger partial charge < -0.3 is 10.6 Å². The highest BCUT2D eigenvalue weighted by Crippen LogP contribution is 2.18. The van der Waals surface area contributed by atoms with Crippen LogP contribution in [-0.2, 0) is 6.54 Å². The van der Waals surface area contributed by atoms with E-state index in [9.17, 15) is 4.79 Å². The number of primary amides is 1. The molecule has 2 N–H and O–H groups in total. The lowest BCUT2D eigenvalue weighted by atomic mass is 10.2. The van der Waals surface area contributed by atoms with Crippen molar-refractivity contribution >= 4 is 22.9 Å². The van der Waals surface area contributed by atoms with Gasteiger partial charge in [-0.1, -0.05) is 0 Å². The maximum absolute atomic E-state index is 11.2. The van der Waals surface area contributed by atoms with Crippen LogP contribution in [0.5, 0.6) is 0 Å². The Morgan fingerprint density at radius 3 is 2.77 bits per heavy atom. The summed E-state index contributed by atoms with van der Waals surface area (Å²) in [5, 5.41) is 3.24. The van der Waals surface area contributed by atoms with Gasteiger partial charge in [-0.2, -0.15) is 0 Å². The van der Waals surface area contributed by atoms with Crippen molar-refractivity contribution in [1.82, 2.24) is 14.9 Å². The molecule has 0 saturated carbocycles. The van der Waals surface area contributed by atoms with Crippen LogP contribution in [0.3, 0.4) is 0 Å². The smallest absolute Gasteiger partial charge is 0.267 e. The van der Waals surface area contributed by atoms with Crippen molar-refractivity contribution in [3.05, 3.63) is 40.1 Å². The molecule has 0 aromatic carbocycles. The molecule has 2 aromatic heterocycles. The van der Waals surface area contributed by atoms with Crippen LogP contribution in [0.4, 0.5) is 5.69 Å². The van der Waals surface area contributed by atoms with Gasteiger partial charge >= 0.3 is 0 Å². The minimum atomic E-state index is -0.487. The summed E-state index contributed by atoms with van der Waals surface area (Å²) in [6.45, 7) is 6.74. The number of piperazine rings is 1. The molecule has 7 heteroatoms. The lowest BCUT2D eigenvalue weighted by molar-refractivity contribution is 0.0995. The summed E-state index contributed by atoms with van der Waals surface area (Å²) in [6.07, 6.45) is 1.64. The molecule has 1 fully saturated rings. The number of hydrogen-bond acceptors (Lipinski definition) is 6. The molecule has 0 bridgehead atoms. The SMILES string of the molecule is Cc1nc(CN2CCN(c3ccnc(C(N)=O)c3)CC2)cs1. The van der Waals surface area contributed by atoms with E-state index in [1.807, 2.05) is 13.0 Å². The summed E-state index contributed by atoms with van der Waals surface area (Å²) in [4.78, 5) is 24.4. The van der Waals surface area contributed by atoms with Gasteiger partial charge in [-0.05, 0) is 19.1 Å². The maximum atomic E-state index is 11.2. The van der Waals surface area contributed by atoms with Crippen molar-refractivity contribution in [2.45, 2.75) is 13.5 Å². The standard InChI is InChI=1S/C15H19N5OS/c1-11-18-12(10-22-11)9-19-4-6-20(7-5-19)13-2-3-17-14(8-13)15(16)21/h2-3,8,10H,4-7,9H2,1H3,(H2,16,21). The molecule has 0 radical (unpaired) electrons. The van der Waals surface area contributed by atoms with Gasteiger partial charge in [0.2, 0.25) is 0 Å². The zero-order valence-corrected chi connectivity index (χ0v) is 13.3. The van der Waals surface area contributed by atoms with Gasteiger partial charge in [0.05, 0.1) is 10.7 Å². The van der Waals surface area contributed by atoms with Gasteiger partial charge in [0.25, 0.3) is 5.91 Å². The van der Waals surface area contributed by atoms with Gasteiger partial charge in [0, 0.05) is 50.0 Å². The highest BCUT2D eigenvalue weighted by atomic mass is 32.1. The molecule has 1 saturated heterocycles. The van der Waals surface area contributed by atoms with Crippen molar-refractivity contribution < 1.29 is 4.79 Å². The van der Waals surface area contributed by atoms with Crippen molar-refractivity contribution in [3.63, 3.8) is 0 Å². The average molecular weight is 317 g/mol. The third kappa shape index (κ3) is 3.42. The third-order valence-corrected chi connectivity index (χ3v) is 4.61. The first kappa shape index (κ1) is 14.9. The van der Waals surface area contributed by atoms with Crippen LogP contribution in [0, 0.1) is 6.92 Å². The van der Waals surface area contributed by atoms with Crippen LogP contribution in [-0.4, -0.2) is 47.0 Å². The Morgan fingerprint density at radius 2 is 2.14 bits per heavy atom. The highest BCUT2D eigenvalue weighted by Gasteiger charge is 2.18. The van der Waals surface area contributed by atoms with Gasteiger partial charge in [0.15, 0.2) is 0 Å². The Balaban J connectivity index is 1.59. The van der Waals surface area contributed by atoms with E-state index < -0.39 is 5.91 Å². The molecule has 116 valence electrons. The van der Waals surface area contributed by atoms with Crippen molar-refractivity contribution in [2.75, 3.05) is 31.1 Å². The summed E-state index contributed by atoms with van der Waals surface area (Å²) in [5.41, 5.74) is 7.76. The van der Waals surface area contributed by atoms with Gasteiger partial charge in [0.1, 0.15) is 5.69 Å². The second kappa shape index (κ2) is 6.41. The summed E-state index contributed by atoms with van der Waals surface area (Å²) in [5.74, 6) is -0.487. The largest absolute Gasteiger partial charge is 0.369 e. The van der Waals surface area contributed by atoms with E-state index >= 15 is 0 Å². The minimum Gasteiger partial charge on any atom is -0.369 e. The van der Waals surface area contributed by atoms with Gasteiger partial charge in [-0.3, -0.25) is 14.7 Å². The molecular weight excluding hydrogens is 298 g/mol. The van der Waals surface area contributed by atoms with E-state index in [4.69, 9.17) is 5.73 Å².